The first-order valence-corrected chi connectivity index (χ1v) is 6.30. The predicted molar refractivity (Wildman–Crippen MR) is 72.7 cm³/mol. The highest BCUT2D eigenvalue weighted by molar-refractivity contribution is 5.76. The lowest BCUT2D eigenvalue weighted by Gasteiger charge is -2.12. The van der Waals surface area contributed by atoms with Gasteiger partial charge in [0.25, 0.3) is 0 Å². The third kappa shape index (κ3) is 6.18. The Morgan fingerprint density at radius 1 is 1.32 bits per heavy atom. The van der Waals surface area contributed by atoms with Crippen molar-refractivity contribution in [2.24, 2.45) is 0 Å². The van der Waals surface area contributed by atoms with Gasteiger partial charge in [0.2, 0.25) is 0 Å². The van der Waals surface area contributed by atoms with E-state index in [0.717, 1.165) is 5.56 Å². The van der Waals surface area contributed by atoms with Crippen LogP contribution in [0.2, 0.25) is 0 Å². The van der Waals surface area contributed by atoms with Gasteiger partial charge in [-0.15, -0.1) is 0 Å². The van der Waals surface area contributed by atoms with Gasteiger partial charge in [-0.05, 0) is 12.5 Å². The van der Waals surface area contributed by atoms with E-state index in [9.17, 15) is 4.79 Å². The fourth-order valence-corrected chi connectivity index (χ4v) is 1.45. The van der Waals surface area contributed by atoms with Crippen LogP contribution < -0.4 is 0 Å². The Morgan fingerprint density at radius 2 is 2.05 bits per heavy atom. The Kier molecular flexibility index (Phi) is 7.54. The molecule has 0 saturated heterocycles. The van der Waals surface area contributed by atoms with E-state index in [2.05, 4.69) is 6.58 Å². The molecule has 1 rings (SSSR count). The van der Waals surface area contributed by atoms with Crippen LogP contribution in [0.25, 0.3) is 0 Å². The lowest BCUT2D eigenvalue weighted by Crippen LogP contribution is -2.25. The summed E-state index contributed by atoms with van der Waals surface area (Å²) in [6.07, 6.45) is 0.704. The summed E-state index contributed by atoms with van der Waals surface area (Å²) in [4.78, 5) is 11.4. The van der Waals surface area contributed by atoms with Crippen molar-refractivity contribution < 1.29 is 19.0 Å². The normalized spacial score (nSPS) is 11.8. The topological polar surface area (TPSA) is 44.8 Å². The van der Waals surface area contributed by atoms with Crippen molar-refractivity contribution in [2.45, 2.75) is 19.6 Å². The van der Waals surface area contributed by atoms with Crippen molar-refractivity contribution in [1.82, 2.24) is 0 Å². The molecule has 1 atom stereocenters. The van der Waals surface area contributed by atoms with Gasteiger partial charge in [0.05, 0.1) is 26.4 Å². The van der Waals surface area contributed by atoms with Crippen LogP contribution in [0.15, 0.2) is 43.0 Å². The quantitative estimate of drug-likeness (QED) is 0.390. The molecule has 0 radical (unpaired) electrons. The number of carbonyl (C=O) groups is 1. The summed E-state index contributed by atoms with van der Waals surface area (Å²) in [6, 6.07) is 9.87. The monoisotopic (exact) mass is 264 g/mol. The molecule has 0 fully saturated rings. The third-order valence-corrected chi connectivity index (χ3v) is 2.37. The first kappa shape index (κ1) is 15.4. The van der Waals surface area contributed by atoms with Gasteiger partial charge in [-0.2, -0.15) is 0 Å². The van der Waals surface area contributed by atoms with Crippen LogP contribution >= 0.6 is 0 Å². The molecule has 0 heterocycles. The van der Waals surface area contributed by atoms with E-state index in [1.54, 1.807) is 6.92 Å². The number of benzene rings is 1. The highest BCUT2D eigenvalue weighted by Gasteiger charge is 2.15. The van der Waals surface area contributed by atoms with Crippen LogP contribution in [-0.4, -0.2) is 31.9 Å². The van der Waals surface area contributed by atoms with Crippen LogP contribution in [-0.2, 0) is 25.6 Å². The molecule has 0 spiro atoms. The summed E-state index contributed by atoms with van der Waals surface area (Å²) in [5, 5.41) is 0. The fourth-order valence-electron chi connectivity index (χ4n) is 1.45. The minimum atomic E-state index is -0.722. The number of hydrogen-bond donors (Lipinski definition) is 0. The van der Waals surface area contributed by atoms with Gasteiger partial charge in [0, 0.05) is 0 Å². The van der Waals surface area contributed by atoms with Crippen LogP contribution in [0, 0.1) is 0 Å². The summed E-state index contributed by atoms with van der Waals surface area (Å²) in [7, 11) is 0. The van der Waals surface area contributed by atoms with E-state index in [-0.39, 0.29) is 0 Å². The molecule has 0 aliphatic carbocycles. The Hall–Kier alpha value is -1.65. The number of esters is 1. The van der Waals surface area contributed by atoms with E-state index in [4.69, 9.17) is 14.2 Å². The average Bonchev–Trinajstić information content (AvgIpc) is 2.44. The molecule has 0 aliphatic rings. The summed E-state index contributed by atoms with van der Waals surface area (Å²) in [5.74, 6) is -0.416. The summed E-state index contributed by atoms with van der Waals surface area (Å²) in [5.41, 5.74) is 1.10. The van der Waals surface area contributed by atoms with Crippen LogP contribution in [0.1, 0.15) is 12.5 Å². The average molecular weight is 264 g/mol. The summed E-state index contributed by atoms with van der Waals surface area (Å²) < 4.78 is 15.6. The molecule has 1 aromatic rings. The van der Waals surface area contributed by atoms with E-state index < -0.39 is 12.1 Å². The van der Waals surface area contributed by atoms with E-state index in [1.807, 2.05) is 30.3 Å². The second-order valence-corrected chi connectivity index (χ2v) is 3.82. The molecule has 0 amide bonds. The van der Waals surface area contributed by atoms with Crippen molar-refractivity contribution >= 4 is 5.97 Å². The molecule has 104 valence electrons. The van der Waals surface area contributed by atoms with Crippen molar-refractivity contribution in [3.05, 3.63) is 48.6 Å². The van der Waals surface area contributed by atoms with Crippen molar-refractivity contribution in [1.29, 1.82) is 0 Å². The van der Waals surface area contributed by atoms with Gasteiger partial charge in [-0.3, -0.25) is 0 Å². The van der Waals surface area contributed by atoms with Crippen molar-refractivity contribution in [3.8, 4) is 0 Å². The predicted octanol–water partition coefficient (Wildman–Crippen LogP) is 2.34. The van der Waals surface area contributed by atoms with Gasteiger partial charge >= 0.3 is 5.97 Å². The molecular weight excluding hydrogens is 244 g/mol. The number of rotatable bonds is 9. The van der Waals surface area contributed by atoms with Crippen molar-refractivity contribution in [2.75, 3.05) is 19.8 Å². The second kappa shape index (κ2) is 9.30. The third-order valence-electron chi connectivity index (χ3n) is 2.37. The lowest BCUT2D eigenvalue weighted by atomic mass is 10.2. The number of ether oxygens (including phenoxy) is 3. The maximum absolute atomic E-state index is 11.4. The standard InChI is InChI=1S/C15H20O4/c1-3-14(15(16)18-4-2)19-11-10-17-12-13-8-6-5-7-9-13/h3,5-9,14H,1,4,10-12H2,2H3/t14-/m0/s1. The molecular formula is C15H20O4. The molecule has 0 bridgehead atoms. The van der Waals surface area contributed by atoms with Gasteiger partial charge in [0.1, 0.15) is 0 Å². The number of carbonyl (C=O) groups excluding carboxylic acids is 1. The highest BCUT2D eigenvalue weighted by Crippen LogP contribution is 2.01. The summed E-state index contributed by atoms with van der Waals surface area (Å²) >= 11 is 0. The molecule has 0 N–H and O–H groups in total. The molecule has 4 heteroatoms. The smallest absolute Gasteiger partial charge is 0.339 e. The van der Waals surface area contributed by atoms with Crippen molar-refractivity contribution in [3.63, 3.8) is 0 Å². The maximum Gasteiger partial charge on any atom is 0.339 e. The van der Waals surface area contributed by atoms with E-state index in [0.29, 0.717) is 26.4 Å². The summed E-state index contributed by atoms with van der Waals surface area (Å²) in [6.45, 7) is 6.89. The largest absolute Gasteiger partial charge is 0.464 e. The molecule has 4 nitrogen and oxygen atoms in total. The van der Waals surface area contributed by atoms with Crippen LogP contribution in [0.4, 0.5) is 0 Å². The van der Waals surface area contributed by atoms with Gasteiger partial charge in [0.15, 0.2) is 6.10 Å². The zero-order valence-corrected chi connectivity index (χ0v) is 11.2. The highest BCUT2D eigenvalue weighted by atomic mass is 16.6. The second-order valence-electron chi connectivity index (χ2n) is 3.82. The minimum Gasteiger partial charge on any atom is -0.464 e. The Balaban J connectivity index is 2.15. The van der Waals surface area contributed by atoms with Gasteiger partial charge in [-0.25, -0.2) is 4.79 Å². The van der Waals surface area contributed by atoms with Crippen LogP contribution in [0.5, 0.6) is 0 Å². The molecule has 1 aromatic carbocycles. The molecule has 0 saturated carbocycles. The maximum atomic E-state index is 11.4. The molecule has 0 aromatic heterocycles. The van der Waals surface area contributed by atoms with Gasteiger partial charge < -0.3 is 14.2 Å². The zero-order valence-electron chi connectivity index (χ0n) is 11.2. The molecule has 0 aliphatic heterocycles. The first-order chi connectivity index (χ1) is 9.27. The first-order valence-electron chi connectivity index (χ1n) is 6.30. The van der Waals surface area contributed by atoms with Gasteiger partial charge in [-0.1, -0.05) is 43.0 Å². The Morgan fingerprint density at radius 3 is 2.68 bits per heavy atom. The number of hydrogen-bond acceptors (Lipinski definition) is 4. The Bertz CT molecular complexity index is 375. The minimum absolute atomic E-state index is 0.322. The molecule has 19 heavy (non-hydrogen) atoms. The molecule has 0 unspecified atom stereocenters. The fraction of sp³-hybridized carbons (Fsp3) is 0.400. The Labute approximate surface area is 114 Å². The van der Waals surface area contributed by atoms with E-state index in [1.165, 1.54) is 6.08 Å². The lowest BCUT2D eigenvalue weighted by molar-refractivity contribution is -0.154. The zero-order chi connectivity index (χ0) is 13.9. The SMILES string of the molecule is C=C[C@H](OCCOCc1ccccc1)C(=O)OCC. The van der Waals surface area contributed by atoms with Crippen LogP contribution in [0.3, 0.4) is 0 Å². The van der Waals surface area contributed by atoms with E-state index >= 15 is 0 Å².